The first-order valence-corrected chi connectivity index (χ1v) is 9.93. The van der Waals surface area contributed by atoms with Crippen LogP contribution in [0.3, 0.4) is 0 Å². The average molecular weight is 437 g/mol. The van der Waals surface area contributed by atoms with Crippen molar-refractivity contribution in [3.05, 3.63) is 53.1 Å². The summed E-state index contributed by atoms with van der Waals surface area (Å²) in [5, 5.41) is 1.89. The Hall–Kier alpha value is -2.46. The van der Waals surface area contributed by atoms with E-state index in [1.165, 1.54) is 13.2 Å². The number of sulfonamides is 1. The third-order valence-corrected chi connectivity index (χ3v) is 5.05. The molecule has 0 saturated heterocycles. The number of nitrogens with one attached hydrogen (secondary N) is 1. The van der Waals surface area contributed by atoms with E-state index in [0.717, 1.165) is 18.4 Å². The Morgan fingerprint density at radius 2 is 1.89 bits per heavy atom. The van der Waals surface area contributed by atoms with Gasteiger partial charge in [0, 0.05) is 11.8 Å². The Kier molecular flexibility index (Phi) is 6.45. The smallest absolute Gasteiger partial charge is 0.417 e. The number of carbonyl (C=O) groups excluding carboxylic acids is 1. The van der Waals surface area contributed by atoms with Gasteiger partial charge in [-0.15, -0.1) is 0 Å². The molecule has 0 aliphatic carbocycles. The molecular weight excluding hydrogens is 421 g/mol. The zero-order chi connectivity index (χ0) is 21.1. The van der Waals surface area contributed by atoms with Gasteiger partial charge in [0.1, 0.15) is 12.3 Å². The number of amides is 1. The van der Waals surface area contributed by atoms with Crippen LogP contribution in [-0.2, 0) is 21.0 Å². The summed E-state index contributed by atoms with van der Waals surface area (Å²) in [6, 6.07) is 8.92. The average Bonchev–Trinajstić information content (AvgIpc) is 2.58. The van der Waals surface area contributed by atoms with Crippen LogP contribution >= 0.6 is 11.6 Å². The Labute approximate surface area is 164 Å². The lowest BCUT2D eigenvalue weighted by Crippen LogP contribution is -2.37. The van der Waals surface area contributed by atoms with Gasteiger partial charge < -0.3 is 10.1 Å². The van der Waals surface area contributed by atoms with Gasteiger partial charge in [0.15, 0.2) is 0 Å². The van der Waals surface area contributed by atoms with E-state index in [1.807, 2.05) is 0 Å². The zero-order valence-corrected chi connectivity index (χ0v) is 16.3. The number of nitrogens with zero attached hydrogens (tertiary/aromatic N) is 1. The molecule has 0 atom stereocenters. The molecule has 0 aliphatic rings. The van der Waals surface area contributed by atoms with Crippen LogP contribution in [0.5, 0.6) is 5.75 Å². The quantitative estimate of drug-likeness (QED) is 0.748. The van der Waals surface area contributed by atoms with E-state index in [0.29, 0.717) is 21.8 Å². The van der Waals surface area contributed by atoms with Crippen LogP contribution in [0.15, 0.2) is 42.5 Å². The number of rotatable bonds is 6. The van der Waals surface area contributed by atoms with E-state index in [-0.39, 0.29) is 5.69 Å². The Morgan fingerprint density at radius 1 is 1.21 bits per heavy atom. The van der Waals surface area contributed by atoms with E-state index in [2.05, 4.69) is 5.32 Å². The first-order chi connectivity index (χ1) is 12.9. The molecule has 0 aliphatic heterocycles. The first-order valence-electron chi connectivity index (χ1n) is 7.70. The van der Waals surface area contributed by atoms with Gasteiger partial charge in [0.2, 0.25) is 15.9 Å². The molecule has 6 nitrogen and oxygen atoms in total. The lowest BCUT2D eigenvalue weighted by Gasteiger charge is -2.23. The standard InChI is InChI=1S/C17H16ClF3N2O4S/c1-27-13-5-3-4-11(8-13)22-16(24)10-23(28(2,25)26)12-6-7-15(18)14(9-12)17(19,20)21/h3-9H,10H2,1-2H3,(H,22,24). The van der Waals surface area contributed by atoms with Gasteiger partial charge in [0.05, 0.1) is 29.6 Å². The second-order valence-electron chi connectivity index (χ2n) is 5.71. The number of alkyl halides is 3. The molecule has 152 valence electrons. The minimum absolute atomic E-state index is 0.333. The number of hydrogen-bond acceptors (Lipinski definition) is 4. The summed E-state index contributed by atoms with van der Waals surface area (Å²) < 4.78 is 68.9. The predicted octanol–water partition coefficient (Wildman–Crippen LogP) is 3.77. The maximum absolute atomic E-state index is 13.1. The van der Waals surface area contributed by atoms with Gasteiger partial charge in [-0.25, -0.2) is 8.42 Å². The van der Waals surface area contributed by atoms with Crippen LogP contribution in [0.25, 0.3) is 0 Å². The highest BCUT2D eigenvalue weighted by Crippen LogP contribution is 2.37. The minimum Gasteiger partial charge on any atom is -0.497 e. The molecule has 28 heavy (non-hydrogen) atoms. The fraction of sp³-hybridized carbons (Fsp3) is 0.235. The molecule has 11 heteroatoms. The third-order valence-electron chi connectivity index (χ3n) is 3.58. The molecule has 0 unspecified atom stereocenters. The Balaban J connectivity index is 2.31. The SMILES string of the molecule is COc1cccc(NC(=O)CN(c2ccc(Cl)c(C(F)(F)F)c2)S(C)(=O)=O)c1. The first kappa shape index (κ1) is 21.8. The molecule has 0 aromatic heterocycles. The molecule has 0 fully saturated rings. The second-order valence-corrected chi connectivity index (χ2v) is 8.03. The van der Waals surface area contributed by atoms with Crippen LogP contribution in [0.1, 0.15) is 5.56 Å². The molecule has 2 rings (SSSR count). The van der Waals surface area contributed by atoms with Crippen molar-refractivity contribution in [3.63, 3.8) is 0 Å². The number of hydrogen-bond donors (Lipinski definition) is 1. The summed E-state index contributed by atoms with van der Waals surface area (Å²) in [7, 11) is -2.62. The zero-order valence-electron chi connectivity index (χ0n) is 14.7. The molecule has 0 saturated carbocycles. The van der Waals surface area contributed by atoms with Crippen LogP contribution in [-0.4, -0.2) is 34.2 Å². The molecule has 1 N–H and O–H groups in total. The number of halogens is 4. The number of ether oxygens (including phenoxy) is 1. The van der Waals surface area contributed by atoms with Gasteiger partial charge in [-0.2, -0.15) is 13.2 Å². The number of anilines is 2. The fourth-order valence-corrected chi connectivity index (χ4v) is 3.39. The topological polar surface area (TPSA) is 75.7 Å². The van der Waals surface area contributed by atoms with Crippen molar-refractivity contribution in [1.29, 1.82) is 0 Å². The Morgan fingerprint density at radius 3 is 2.46 bits per heavy atom. The van der Waals surface area contributed by atoms with Crippen molar-refractivity contribution in [1.82, 2.24) is 0 Å². The van der Waals surface area contributed by atoms with Crippen LogP contribution < -0.4 is 14.4 Å². The van der Waals surface area contributed by atoms with E-state index in [9.17, 15) is 26.4 Å². The fourth-order valence-electron chi connectivity index (χ4n) is 2.32. The molecule has 2 aromatic rings. The van der Waals surface area contributed by atoms with Crippen LogP contribution in [0.4, 0.5) is 24.5 Å². The van der Waals surface area contributed by atoms with Crippen molar-refractivity contribution in [2.24, 2.45) is 0 Å². The minimum atomic E-state index is -4.78. The highest BCUT2D eigenvalue weighted by atomic mass is 35.5. The van der Waals surface area contributed by atoms with E-state index in [1.54, 1.807) is 18.2 Å². The molecule has 0 radical (unpaired) electrons. The van der Waals surface area contributed by atoms with Crippen molar-refractivity contribution >= 4 is 38.9 Å². The Bertz CT molecular complexity index is 981. The van der Waals surface area contributed by atoms with Crippen molar-refractivity contribution in [2.45, 2.75) is 6.18 Å². The summed E-state index contributed by atoms with van der Waals surface area (Å²) in [6.07, 6.45) is -3.99. The molecule has 0 heterocycles. The monoisotopic (exact) mass is 436 g/mol. The second kappa shape index (κ2) is 8.27. The number of benzene rings is 2. The van der Waals surface area contributed by atoms with Crippen LogP contribution in [0.2, 0.25) is 5.02 Å². The number of methoxy groups -OCH3 is 1. The maximum atomic E-state index is 13.1. The van der Waals surface area contributed by atoms with Crippen molar-refractivity contribution in [2.75, 3.05) is 29.5 Å². The largest absolute Gasteiger partial charge is 0.497 e. The van der Waals surface area contributed by atoms with Gasteiger partial charge >= 0.3 is 6.18 Å². The predicted molar refractivity (Wildman–Crippen MR) is 100 cm³/mol. The normalized spacial score (nSPS) is 11.8. The molecule has 0 spiro atoms. The van der Waals surface area contributed by atoms with Gasteiger partial charge in [-0.1, -0.05) is 17.7 Å². The van der Waals surface area contributed by atoms with Crippen LogP contribution in [0, 0.1) is 0 Å². The highest BCUT2D eigenvalue weighted by molar-refractivity contribution is 7.92. The summed E-state index contributed by atoms with van der Waals surface area (Å²) in [4.78, 5) is 12.3. The highest BCUT2D eigenvalue weighted by Gasteiger charge is 2.34. The molecule has 0 bridgehead atoms. The van der Waals surface area contributed by atoms with Gasteiger partial charge in [-0.05, 0) is 30.3 Å². The van der Waals surface area contributed by atoms with Crippen molar-refractivity contribution < 1.29 is 31.1 Å². The lowest BCUT2D eigenvalue weighted by atomic mass is 10.2. The third kappa shape index (κ3) is 5.52. The lowest BCUT2D eigenvalue weighted by molar-refractivity contribution is -0.137. The summed E-state index contributed by atoms with van der Waals surface area (Å²) in [5.41, 5.74) is -1.20. The van der Waals surface area contributed by atoms with E-state index < -0.39 is 39.2 Å². The number of carbonyl (C=O) groups is 1. The van der Waals surface area contributed by atoms with Crippen molar-refractivity contribution in [3.8, 4) is 5.75 Å². The van der Waals surface area contributed by atoms with Gasteiger partial charge in [0.25, 0.3) is 0 Å². The summed E-state index contributed by atoms with van der Waals surface area (Å²) in [5.74, 6) is -0.285. The van der Waals surface area contributed by atoms with Gasteiger partial charge in [-0.3, -0.25) is 9.10 Å². The molecular formula is C17H16ClF3N2O4S. The van der Waals surface area contributed by atoms with E-state index >= 15 is 0 Å². The molecule has 1 amide bonds. The van der Waals surface area contributed by atoms with E-state index in [4.69, 9.17) is 16.3 Å². The molecule has 2 aromatic carbocycles. The summed E-state index contributed by atoms with van der Waals surface area (Å²) in [6.45, 7) is -0.727. The maximum Gasteiger partial charge on any atom is 0.417 e. The summed E-state index contributed by atoms with van der Waals surface area (Å²) >= 11 is 5.56.